The molecular weight excluding hydrogens is 522 g/mol. The lowest BCUT2D eigenvalue weighted by molar-refractivity contribution is 0.678. The number of aromatic nitrogens is 5. The van der Waals surface area contributed by atoms with Crippen LogP contribution >= 0.6 is 50.1 Å². The second kappa shape index (κ2) is 7.20. The summed E-state index contributed by atoms with van der Waals surface area (Å²) >= 11 is 11.9. The van der Waals surface area contributed by atoms with Gasteiger partial charge in [0.2, 0.25) is 5.95 Å². The Bertz CT molecular complexity index is 1030. The second-order valence-electron chi connectivity index (χ2n) is 5.58. The van der Waals surface area contributed by atoms with E-state index in [4.69, 9.17) is 17.3 Å². The predicted octanol–water partition coefficient (Wildman–Crippen LogP) is 2.89. The Morgan fingerprint density at radius 1 is 1.32 bits per heavy atom. The van der Waals surface area contributed by atoms with Crippen molar-refractivity contribution in [1.82, 2.24) is 24.1 Å². The third-order valence-electron chi connectivity index (χ3n) is 3.97. The van der Waals surface area contributed by atoms with Crippen LogP contribution in [0, 0.1) is 17.4 Å². The molecule has 10 heteroatoms. The summed E-state index contributed by atoms with van der Waals surface area (Å²) in [4.78, 5) is 25.6. The van der Waals surface area contributed by atoms with E-state index in [-0.39, 0.29) is 16.8 Å². The van der Waals surface area contributed by atoms with Gasteiger partial charge in [0.25, 0.3) is 0 Å². The molecule has 0 amide bonds. The summed E-state index contributed by atoms with van der Waals surface area (Å²) in [6, 6.07) is 0. The van der Waals surface area contributed by atoms with Gasteiger partial charge in [-0.3, -0.25) is 14.1 Å². The van der Waals surface area contributed by atoms with Gasteiger partial charge in [-0.15, -0.1) is 0 Å². The van der Waals surface area contributed by atoms with Crippen molar-refractivity contribution in [3.8, 4) is 0 Å². The molecule has 0 unspecified atom stereocenters. The number of pyridine rings is 1. The SMILES string of the molecule is Cc1cnc(Cn2c(=O)n(CCBr)c3c(Cl)nc(N)nc32)c(C)c1I. The zero-order valence-corrected chi connectivity index (χ0v) is 18.1. The number of imidazole rings is 1. The molecule has 0 aliphatic rings. The van der Waals surface area contributed by atoms with E-state index in [0.29, 0.717) is 29.6 Å². The quantitative estimate of drug-likeness (QED) is 0.314. The van der Waals surface area contributed by atoms with Crippen molar-refractivity contribution in [1.29, 1.82) is 0 Å². The van der Waals surface area contributed by atoms with Gasteiger partial charge in [0.05, 0.1) is 12.2 Å². The van der Waals surface area contributed by atoms with E-state index < -0.39 is 0 Å². The minimum atomic E-state index is -0.215. The molecule has 3 rings (SSSR count). The van der Waals surface area contributed by atoms with Crippen LogP contribution in [0.25, 0.3) is 11.2 Å². The summed E-state index contributed by atoms with van der Waals surface area (Å²) in [6.07, 6.45) is 1.81. The minimum Gasteiger partial charge on any atom is -0.368 e. The van der Waals surface area contributed by atoms with Crippen molar-refractivity contribution in [2.45, 2.75) is 26.9 Å². The summed E-state index contributed by atoms with van der Waals surface area (Å²) in [5.41, 5.74) is 9.38. The van der Waals surface area contributed by atoms with Crippen LogP contribution in [0.4, 0.5) is 5.95 Å². The second-order valence-corrected chi connectivity index (χ2v) is 7.81. The average molecular weight is 538 g/mol. The molecule has 0 saturated heterocycles. The molecule has 3 aromatic heterocycles. The topological polar surface area (TPSA) is 91.6 Å². The first-order valence-electron chi connectivity index (χ1n) is 7.43. The normalized spacial score (nSPS) is 11.4. The predicted molar refractivity (Wildman–Crippen MR) is 111 cm³/mol. The molecule has 0 aromatic carbocycles. The number of nitrogen functional groups attached to an aromatic ring is 1. The molecule has 0 fully saturated rings. The van der Waals surface area contributed by atoms with Crippen LogP contribution in [0.1, 0.15) is 16.8 Å². The highest BCUT2D eigenvalue weighted by molar-refractivity contribution is 14.1. The van der Waals surface area contributed by atoms with Crippen molar-refractivity contribution < 1.29 is 0 Å². The van der Waals surface area contributed by atoms with Crippen LogP contribution in [0.15, 0.2) is 11.0 Å². The number of nitrogens with two attached hydrogens (primary N) is 1. The fraction of sp³-hybridized carbons (Fsp3) is 0.333. The molecule has 0 saturated carbocycles. The maximum absolute atomic E-state index is 12.9. The number of halogens is 3. The number of rotatable bonds is 4. The zero-order chi connectivity index (χ0) is 18.3. The first-order chi connectivity index (χ1) is 11.8. The van der Waals surface area contributed by atoms with E-state index in [1.165, 1.54) is 0 Å². The van der Waals surface area contributed by atoms with Crippen molar-refractivity contribution in [3.05, 3.63) is 42.2 Å². The van der Waals surface area contributed by atoms with Gasteiger partial charge in [-0.25, -0.2) is 4.79 Å². The molecule has 0 radical (unpaired) electrons. The van der Waals surface area contributed by atoms with Gasteiger partial charge in [-0.05, 0) is 47.6 Å². The molecule has 0 spiro atoms. The van der Waals surface area contributed by atoms with Crippen molar-refractivity contribution >= 4 is 67.2 Å². The van der Waals surface area contributed by atoms with Gasteiger partial charge in [-0.1, -0.05) is 27.5 Å². The van der Waals surface area contributed by atoms with E-state index in [0.717, 1.165) is 20.4 Å². The Morgan fingerprint density at radius 3 is 2.72 bits per heavy atom. The monoisotopic (exact) mass is 536 g/mol. The van der Waals surface area contributed by atoms with Crippen molar-refractivity contribution in [2.75, 3.05) is 11.1 Å². The molecule has 0 aliphatic carbocycles. The van der Waals surface area contributed by atoms with E-state index in [1.807, 2.05) is 20.0 Å². The number of alkyl halides is 1. The van der Waals surface area contributed by atoms with E-state index in [2.05, 4.69) is 53.5 Å². The summed E-state index contributed by atoms with van der Waals surface area (Å²) in [6.45, 7) is 4.75. The summed E-state index contributed by atoms with van der Waals surface area (Å²) in [7, 11) is 0. The van der Waals surface area contributed by atoms with Crippen molar-refractivity contribution in [3.63, 3.8) is 0 Å². The Morgan fingerprint density at radius 2 is 2.04 bits per heavy atom. The molecule has 25 heavy (non-hydrogen) atoms. The summed E-state index contributed by atoms with van der Waals surface area (Å²) in [5.74, 6) is 0.0328. The average Bonchev–Trinajstić information content (AvgIpc) is 2.81. The van der Waals surface area contributed by atoms with E-state index in [9.17, 15) is 4.79 Å². The Kier molecular flexibility index (Phi) is 5.35. The number of nitrogens with zero attached hydrogens (tertiary/aromatic N) is 5. The number of fused-ring (bicyclic) bond motifs is 1. The molecular formula is C15H15BrClIN6O. The van der Waals surface area contributed by atoms with Crippen LogP contribution in [-0.4, -0.2) is 29.4 Å². The number of hydrogen-bond acceptors (Lipinski definition) is 5. The van der Waals surface area contributed by atoms with Gasteiger partial charge in [-0.2, -0.15) is 9.97 Å². The maximum Gasteiger partial charge on any atom is 0.330 e. The molecule has 3 heterocycles. The number of hydrogen-bond donors (Lipinski definition) is 1. The molecule has 3 aromatic rings. The molecule has 7 nitrogen and oxygen atoms in total. The van der Waals surface area contributed by atoms with E-state index >= 15 is 0 Å². The lowest BCUT2D eigenvalue weighted by atomic mass is 10.1. The molecule has 0 aliphatic heterocycles. The first-order valence-corrected chi connectivity index (χ1v) is 10.0. The fourth-order valence-electron chi connectivity index (χ4n) is 2.68. The number of anilines is 1. The van der Waals surface area contributed by atoms with Gasteiger partial charge >= 0.3 is 5.69 Å². The third kappa shape index (κ3) is 3.28. The van der Waals surface area contributed by atoms with Gasteiger partial charge in [0.1, 0.15) is 5.52 Å². The van der Waals surface area contributed by atoms with Crippen LogP contribution < -0.4 is 11.4 Å². The fourth-order valence-corrected chi connectivity index (χ4v) is 3.76. The van der Waals surface area contributed by atoms with Gasteiger partial charge in [0, 0.05) is 21.6 Å². The Labute approximate surface area is 170 Å². The first kappa shape index (κ1) is 18.6. The third-order valence-corrected chi connectivity index (χ3v) is 6.24. The molecule has 132 valence electrons. The summed E-state index contributed by atoms with van der Waals surface area (Å²) in [5, 5.41) is 0.773. The number of aryl methyl sites for hydroxylation is 2. The lowest BCUT2D eigenvalue weighted by Crippen LogP contribution is -2.26. The standard InChI is InChI=1S/C15H15BrClIN6O/c1-7-5-20-9(8(2)10(7)18)6-24-13-11(12(17)21-14(19)22-13)23(4-3-16)15(24)25/h5H,3-4,6H2,1-2H3,(H2,19,21,22). The van der Waals surface area contributed by atoms with Gasteiger partial charge < -0.3 is 5.73 Å². The van der Waals surface area contributed by atoms with Crippen LogP contribution in [-0.2, 0) is 13.1 Å². The summed E-state index contributed by atoms with van der Waals surface area (Å²) < 4.78 is 4.23. The van der Waals surface area contributed by atoms with Crippen LogP contribution in [0.2, 0.25) is 5.15 Å². The van der Waals surface area contributed by atoms with Crippen LogP contribution in [0.3, 0.4) is 0 Å². The highest BCUT2D eigenvalue weighted by Crippen LogP contribution is 2.23. The largest absolute Gasteiger partial charge is 0.368 e. The van der Waals surface area contributed by atoms with E-state index in [1.54, 1.807) is 9.13 Å². The van der Waals surface area contributed by atoms with Crippen LogP contribution in [0.5, 0.6) is 0 Å². The highest BCUT2D eigenvalue weighted by Gasteiger charge is 2.20. The Hall–Kier alpha value is -1.20. The maximum atomic E-state index is 12.9. The Balaban J connectivity index is 2.25. The van der Waals surface area contributed by atoms with Gasteiger partial charge in [0.15, 0.2) is 10.8 Å². The molecule has 0 atom stereocenters. The minimum absolute atomic E-state index is 0.0328. The molecule has 2 N–H and O–H groups in total. The zero-order valence-electron chi connectivity index (χ0n) is 13.6. The lowest BCUT2D eigenvalue weighted by Gasteiger charge is -2.09. The highest BCUT2D eigenvalue weighted by atomic mass is 127. The smallest absolute Gasteiger partial charge is 0.330 e. The molecule has 0 bridgehead atoms. The van der Waals surface area contributed by atoms with Crippen molar-refractivity contribution in [2.24, 2.45) is 0 Å².